The number of nitrogens with zero attached hydrogens (tertiary/aromatic N) is 2. The van der Waals surface area contributed by atoms with Crippen molar-refractivity contribution in [3.8, 4) is 5.75 Å². The van der Waals surface area contributed by atoms with Crippen LogP contribution in [0.15, 0.2) is 30.3 Å². The summed E-state index contributed by atoms with van der Waals surface area (Å²) in [7, 11) is 0. The van der Waals surface area contributed by atoms with Crippen molar-refractivity contribution in [2.75, 3.05) is 0 Å². The summed E-state index contributed by atoms with van der Waals surface area (Å²) >= 11 is 17.5. The first-order valence-electron chi connectivity index (χ1n) is 5.35. The lowest BCUT2D eigenvalue weighted by Crippen LogP contribution is -2.02. The van der Waals surface area contributed by atoms with Crippen molar-refractivity contribution in [1.29, 1.82) is 0 Å². The summed E-state index contributed by atoms with van der Waals surface area (Å²) in [4.78, 5) is 14.3. The summed E-state index contributed by atoms with van der Waals surface area (Å²) in [5, 5.41) is 11.8. The van der Waals surface area contributed by atoms with E-state index in [1.54, 1.807) is 6.07 Å². The Labute approximate surface area is 129 Å². The maximum absolute atomic E-state index is 10.9. The number of pyridine rings is 1. The number of aromatic nitrogens is 1. The molecule has 0 atom stereocenters. The molecule has 0 N–H and O–H groups in total. The van der Waals surface area contributed by atoms with Gasteiger partial charge < -0.3 is 4.74 Å². The average Bonchev–Trinajstić information content (AvgIpc) is 2.39. The van der Waals surface area contributed by atoms with E-state index in [0.29, 0.717) is 15.7 Å². The summed E-state index contributed by atoms with van der Waals surface area (Å²) in [6.45, 7) is -0.0550. The molecule has 104 valence electrons. The highest BCUT2D eigenvalue weighted by Crippen LogP contribution is 2.31. The molecule has 0 unspecified atom stereocenters. The van der Waals surface area contributed by atoms with Crippen LogP contribution >= 0.6 is 34.8 Å². The minimum absolute atomic E-state index is 0.0420. The third kappa shape index (κ3) is 3.50. The van der Waals surface area contributed by atoms with Crippen molar-refractivity contribution in [2.45, 2.75) is 6.61 Å². The second-order valence-corrected chi connectivity index (χ2v) is 4.95. The van der Waals surface area contributed by atoms with Gasteiger partial charge in [-0.05, 0) is 18.2 Å². The molecule has 0 radical (unpaired) electrons. The molecular formula is C12H7Cl3N2O3. The van der Waals surface area contributed by atoms with Crippen LogP contribution in [0.3, 0.4) is 0 Å². The van der Waals surface area contributed by atoms with E-state index in [1.165, 1.54) is 24.3 Å². The smallest absolute Gasteiger partial charge is 0.311 e. The van der Waals surface area contributed by atoms with Gasteiger partial charge in [0, 0.05) is 17.2 Å². The quantitative estimate of drug-likeness (QED) is 0.468. The standard InChI is InChI=1S/C12H7Cl3N2O3/c13-7-1-3-10(17(18)19)11(5-7)20-6-9-8(14)2-4-12(15)16-9/h1-5H,6H2. The molecular weight excluding hydrogens is 327 g/mol. The zero-order valence-electron chi connectivity index (χ0n) is 9.85. The van der Waals surface area contributed by atoms with E-state index >= 15 is 0 Å². The summed E-state index contributed by atoms with van der Waals surface area (Å²) in [5.74, 6) is 0.0420. The Morgan fingerprint density at radius 3 is 2.65 bits per heavy atom. The van der Waals surface area contributed by atoms with Crippen LogP contribution in [-0.4, -0.2) is 9.91 Å². The van der Waals surface area contributed by atoms with Gasteiger partial charge in [-0.3, -0.25) is 10.1 Å². The molecule has 8 heteroatoms. The molecule has 0 aliphatic heterocycles. The van der Waals surface area contributed by atoms with Crippen LogP contribution in [0.25, 0.3) is 0 Å². The molecule has 20 heavy (non-hydrogen) atoms. The van der Waals surface area contributed by atoms with Crippen LogP contribution in [0.2, 0.25) is 15.2 Å². The van der Waals surface area contributed by atoms with Gasteiger partial charge in [0.05, 0.1) is 15.6 Å². The van der Waals surface area contributed by atoms with Crippen LogP contribution in [-0.2, 0) is 6.61 Å². The van der Waals surface area contributed by atoms with Crippen LogP contribution in [0.5, 0.6) is 5.75 Å². The zero-order valence-corrected chi connectivity index (χ0v) is 12.1. The lowest BCUT2D eigenvalue weighted by Gasteiger charge is -2.08. The first kappa shape index (κ1) is 14.8. The Morgan fingerprint density at radius 2 is 1.95 bits per heavy atom. The van der Waals surface area contributed by atoms with Gasteiger partial charge in [0.2, 0.25) is 0 Å². The average molecular weight is 334 g/mol. The predicted molar refractivity (Wildman–Crippen MR) is 76.7 cm³/mol. The van der Waals surface area contributed by atoms with E-state index in [1.807, 2.05) is 0 Å². The van der Waals surface area contributed by atoms with Gasteiger partial charge in [-0.1, -0.05) is 34.8 Å². The molecule has 0 spiro atoms. The highest BCUT2D eigenvalue weighted by Gasteiger charge is 2.16. The predicted octanol–water partition coefficient (Wildman–Crippen LogP) is 4.53. The minimum atomic E-state index is -0.557. The third-order valence-electron chi connectivity index (χ3n) is 2.37. The highest BCUT2D eigenvalue weighted by molar-refractivity contribution is 6.32. The molecule has 0 fully saturated rings. The number of rotatable bonds is 4. The Bertz CT molecular complexity index is 664. The van der Waals surface area contributed by atoms with Crippen molar-refractivity contribution >= 4 is 40.5 Å². The summed E-state index contributed by atoms with van der Waals surface area (Å²) in [6.07, 6.45) is 0. The number of halogens is 3. The Kier molecular flexibility index (Phi) is 4.65. The fourth-order valence-electron chi connectivity index (χ4n) is 1.46. The topological polar surface area (TPSA) is 65.3 Å². The fraction of sp³-hybridized carbons (Fsp3) is 0.0833. The van der Waals surface area contributed by atoms with Gasteiger partial charge in [-0.25, -0.2) is 4.98 Å². The molecule has 0 aliphatic rings. The maximum Gasteiger partial charge on any atom is 0.311 e. The SMILES string of the molecule is O=[N+]([O-])c1ccc(Cl)cc1OCc1nc(Cl)ccc1Cl. The molecule has 2 rings (SSSR count). The molecule has 0 saturated carbocycles. The third-order valence-corrected chi connectivity index (χ3v) is 3.16. The van der Waals surface area contributed by atoms with Crippen molar-refractivity contribution in [3.63, 3.8) is 0 Å². The number of nitro groups is 1. The second-order valence-electron chi connectivity index (χ2n) is 3.72. The zero-order chi connectivity index (χ0) is 14.7. The van der Waals surface area contributed by atoms with Gasteiger partial charge >= 0.3 is 5.69 Å². The lowest BCUT2D eigenvalue weighted by molar-refractivity contribution is -0.385. The number of hydrogen-bond donors (Lipinski definition) is 0. The molecule has 0 saturated heterocycles. The molecule has 0 amide bonds. The summed E-state index contributed by atoms with van der Waals surface area (Å²) in [5.41, 5.74) is 0.195. The number of ether oxygens (including phenoxy) is 1. The number of benzene rings is 1. The van der Waals surface area contributed by atoms with E-state index in [9.17, 15) is 10.1 Å². The molecule has 0 bridgehead atoms. The number of nitro benzene ring substituents is 1. The van der Waals surface area contributed by atoms with Gasteiger partial charge in [0.15, 0.2) is 5.75 Å². The lowest BCUT2D eigenvalue weighted by atomic mass is 10.3. The van der Waals surface area contributed by atoms with Gasteiger partial charge in [0.1, 0.15) is 11.8 Å². The van der Waals surface area contributed by atoms with Crippen molar-refractivity contribution < 1.29 is 9.66 Å². The largest absolute Gasteiger partial charge is 0.480 e. The molecule has 1 heterocycles. The van der Waals surface area contributed by atoms with Crippen LogP contribution < -0.4 is 4.74 Å². The van der Waals surface area contributed by atoms with Gasteiger partial charge in [-0.15, -0.1) is 0 Å². The van der Waals surface area contributed by atoms with E-state index in [0.717, 1.165) is 0 Å². The van der Waals surface area contributed by atoms with Crippen LogP contribution in [0, 0.1) is 10.1 Å². The molecule has 1 aromatic carbocycles. The molecule has 5 nitrogen and oxygen atoms in total. The summed E-state index contributed by atoms with van der Waals surface area (Å²) in [6, 6.07) is 7.15. The van der Waals surface area contributed by atoms with E-state index in [-0.39, 0.29) is 23.2 Å². The Hall–Kier alpha value is -1.56. The van der Waals surface area contributed by atoms with E-state index < -0.39 is 4.92 Å². The normalized spacial score (nSPS) is 10.3. The monoisotopic (exact) mass is 332 g/mol. The van der Waals surface area contributed by atoms with Crippen molar-refractivity contribution in [1.82, 2.24) is 4.98 Å². The Balaban J connectivity index is 2.24. The van der Waals surface area contributed by atoms with E-state index in [2.05, 4.69) is 4.98 Å². The first-order chi connectivity index (χ1) is 9.47. The van der Waals surface area contributed by atoms with E-state index in [4.69, 9.17) is 39.5 Å². The molecule has 0 aliphatic carbocycles. The molecule has 2 aromatic rings. The van der Waals surface area contributed by atoms with Crippen LogP contribution in [0.1, 0.15) is 5.69 Å². The van der Waals surface area contributed by atoms with Crippen molar-refractivity contribution in [2.24, 2.45) is 0 Å². The van der Waals surface area contributed by atoms with Crippen LogP contribution in [0.4, 0.5) is 5.69 Å². The van der Waals surface area contributed by atoms with Gasteiger partial charge in [0.25, 0.3) is 0 Å². The maximum atomic E-state index is 10.9. The number of hydrogen-bond acceptors (Lipinski definition) is 4. The van der Waals surface area contributed by atoms with Gasteiger partial charge in [-0.2, -0.15) is 0 Å². The first-order valence-corrected chi connectivity index (χ1v) is 6.48. The molecule has 1 aromatic heterocycles. The summed E-state index contributed by atoms with van der Waals surface area (Å²) < 4.78 is 5.37. The second kappa shape index (κ2) is 6.26. The highest BCUT2D eigenvalue weighted by atomic mass is 35.5. The minimum Gasteiger partial charge on any atom is -0.480 e. The Morgan fingerprint density at radius 1 is 1.20 bits per heavy atom. The fourth-order valence-corrected chi connectivity index (χ4v) is 1.95. The van der Waals surface area contributed by atoms with Crippen molar-refractivity contribution in [3.05, 3.63) is 61.3 Å².